The van der Waals surface area contributed by atoms with Gasteiger partial charge in [-0.3, -0.25) is 0 Å². The van der Waals surface area contributed by atoms with Gasteiger partial charge in [-0.1, -0.05) is 11.8 Å². The predicted octanol–water partition coefficient (Wildman–Crippen LogP) is 1.68. The van der Waals surface area contributed by atoms with Gasteiger partial charge in [-0.15, -0.1) is 12.4 Å². The van der Waals surface area contributed by atoms with Gasteiger partial charge in [0, 0.05) is 5.56 Å². The molecule has 0 radical (unpaired) electrons. The summed E-state index contributed by atoms with van der Waals surface area (Å²) in [5.74, 6) is 5.76. The zero-order chi connectivity index (χ0) is 9.68. The molecule has 1 aromatic carbocycles. The van der Waals surface area contributed by atoms with E-state index < -0.39 is 0 Å². The maximum absolute atomic E-state index is 8.54. The summed E-state index contributed by atoms with van der Waals surface area (Å²) in [5, 5.41) is 8.54. The molecule has 3 heteroatoms. The van der Waals surface area contributed by atoms with Gasteiger partial charge < -0.3 is 5.73 Å². The number of nitriles is 1. The fourth-order valence-electron chi connectivity index (χ4n) is 0.825. The molecular weight excluding hydrogens is 196 g/mol. The summed E-state index contributed by atoms with van der Waals surface area (Å²) < 4.78 is 0. The molecule has 1 rings (SSSR count). The lowest BCUT2D eigenvalue weighted by atomic mass is 10.1. The Morgan fingerprint density at radius 1 is 1.21 bits per heavy atom. The van der Waals surface area contributed by atoms with Gasteiger partial charge in [0.05, 0.1) is 17.7 Å². The molecule has 2 N–H and O–H groups in total. The molecule has 0 spiro atoms. The standard InChI is InChI=1S/C11H10N2.ClH/c1-9(13)2-3-10-4-6-11(8-12)7-5-10;/h4-7,9H,13H2,1H3;1H. The lowest BCUT2D eigenvalue weighted by molar-refractivity contribution is 0.959. The van der Waals surface area contributed by atoms with Crippen molar-refractivity contribution in [2.24, 2.45) is 5.73 Å². The quantitative estimate of drug-likeness (QED) is 0.657. The van der Waals surface area contributed by atoms with E-state index in [0.717, 1.165) is 5.56 Å². The van der Waals surface area contributed by atoms with Gasteiger partial charge in [-0.05, 0) is 31.2 Å². The highest BCUT2D eigenvalue weighted by Crippen LogP contribution is 2.01. The molecular formula is C11H11ClN2. The predicted molar refractivity (Wildman–Crippen MR) is 58.9 cm³/mol. The Kier molecular flexibility index (Phi) is 5.41. The fourth-order valence-corrected chi connectivity index (χ4v) is 0.825. The smallest absolute Gasteiger partial charge is 0.0991 e. The molecule has 1 aromatic rings. The van der Waals surface area contributed by atoms with Gasteiger partial charge >= 0.3 is 0 Å². The van der Waals surface area contributed by atoms with E-state index in [-0.39, 0.29) is 18.4 Å². The van der Waals surface area contributed by atoms with Gasteiger partial charge in [-0.2, -0.15) is 5.26 Å². The highest BCUT2D eigenvalue weighted by atomic mass is 35.5. The van der Waals surface area contributed by atoms with Crippen LogP contribution in [0.2, 0.25) is 0 Å². The minimum atomic E-state index is -0.115. The van der Waals surface area contributed by atoms with Crippen molar-refractivity contribution >= 4 is 12.4 Å². The number of halogens is 1. The Morgan fingerprint density at radius 2 is 1.71 bits per heavy atom. The second-order valence-electron chi connectivity index (χ2n) is 2.75. The summed E-state index contributed by atoms with van der Waals surface area (Å²) in [5.41, 5.74) is 7.00. The lowest BCUT2D eigenvalue weighted by Gasteiger charge is -1.91. The summed E-state index contributed by atoms with van der Waals surface area (Å²) in [6.45, 7) is 1.83. The van der Waals surface area contributed by atoms with Crippen LogP contribution in [0.1, 0.15) is 18.1 Å². The Labute approximate surface area is 90.1 Å². The third-order valence-corrected chi connectivity index (χ3v) is 1.46. The maximum atomic E-state index is 8.54. The van der Waals surface area contributed by atoms with Gasteiger partial charge in [-0.25, -0.2) is 0 Å². The molecule has 72 valence electrons. The third-order valence-electron chi connectivity index (χ3n) is 1.46. The minimum Gasteiger partial charge on any atom is -0.318 e. The van der Waals surface area contributed by atoms with Crippen LogP contribution in [-0.2, 0) is 0 Å². The van der Waals surface area contributed by atoms with E-state index in [2.05, 4.69) is 11.8 Å². The van der Waals surface area contributed by atoms with Crippen LogP contribution >= 0.6 is 12.4 Å². The average Bonchev–Trinajstić information content (AvgIpc) is 2.15. The molecule has 2 nitrogen and oxygen atoms in total. The number of nitrogens with two attached hydrogens (primary N) is 1. The van der Waals surface area contributed by atoms with E-state index in [1.807, 2.05) is 25.1 Å². The van der Waals surface area contributed by atoms with Crippen LogP contribution in [0, 0.1) is 23.2 Å². The van der Waals surface area contributed by atoms with Crippen LogP contribution in [-0.4, -0.2) is 6.04 Å². The van der Waals surface area contributed by atoms with Crippen LogP contribution in [0.15, 0.2) is 24.3 Å². The molecule has 0 aliphatic carbocycles. The third kappa shape index (κ3) is 3.96. The molecule has 0 bridgehead atoms. The molecule has 1 atom stereocenters. The molecule has 0 aliphatic heterocycles. The van der Waals surface area contributed by atoms with E-state index >= 15 is 0 Å². The van der Waals surface area contributed by atoms with Gasteiger partial charge in [0.1, 0.15) is 0 Å². The normalized spacial score (nSPS) is 10.1. The van der Waals surface area contributed by atoms with E-state index in [1.165, 1.54) is 0 Å². The second kappa shape index (κ2) is 6.05. The number of benzene rings is 1. The van der Waals surface area contributed by atoms with Crippen molar-refractivity contribution in [2.75, 3.05) is 0 Å². The molecule has 14 heavy (non-hydrogen) atoms. The summed E-state index contributed by atoms with van der Waals surface area (Å²) in [6.07, 6.45) is 0. The van der Waals surface area contributed by atoms with Crippen LogP contribution in [0.5, 0.6) is 0 Å². The van der Waals surface area contributed by atoms with E-state index in [9.17, 15) is 0 Å². The Balaban J connectivity index is 0.00000169. The van der Waals surface area contributed by atoms with Crippen LogP contribution < -0.4 is 5.73 Å². The zero-order valence-corrected chi connectivity index (χ0v) is 8.64. The topological polar surface area (TPSA) is 49.8 Å². The van der Waals surface area contributed by atoms with Gasteiger partial charge in [0.2, 0.25) is 0 Å². The zero-order valence-electron chi connectivity index (χ0n) is 7.82. The van der Waals surface area contributed by atoms with Gasteiger partial charge in [0.25, 0.3) is 0 Å². The molecule has 0 saturated heterocycles. The van der Waals surface area contributed by atoms with Crippen molar-refractivity contribution in [1.29, 1.82) is 5.26 Å². The SMILES string of the molecule is CC(N)C#Cc1ccc(C#N)cc1.Cl. The highest BCUT2D eigenvalue weighted by Gasteiger charge is 1.89. The Morgan fingerprint density at radius 3 is 2.14 bits per heavy atom. The second-order valence-corrected chi connectivity index (χ2v) is 2.75. The van der Waals surface area contributed by atoms with Crippen molar-refractivity contribution in [3.05, 3.63) is 35.4 Å². The largest absolute Gasteiger partial charge is 0.318 e. The lowest BCUT2D eigenvalue weighted by Crippen LogP contribution is -2.10. The first-order valence-electron chi connectivity index (χ1n) is 3.99. The van der Waals surface area contributed by atoms with Crippen LogP contribution in [0.4, 0.5) is 0 Å². The Hall–Kier alpha value is -1.48. The minimum absolute atomic E-state index is 0. The fraction of sp³-hybridized carbons (Fsp3) is 0.182. The van der Waals surface area contributed by atoms with Crippen molar-refractivity contribution in [1.82, 2.24) is 0 Å². The molecule has 0 aliphatic rings. The first-order chi connectivity index (χ1) is 6.22. The molecule has 1 unspecified atom stereocenters. The Bertz CT molecular complexity index is 376. The first-order valence-corrected chi connectivity index (χ1v) is 3.99. The monoisotopic (exact) mass is 206 g/mol. The van der Waals surface area contributed by atoms with Crippen molar-refractivity contribution in [3.63, 3.8) is 0 Å². The summed E-state index contributed by atoms with van der Waals surface area (Å²) in [4.78, 5) is 0. The number of hydrogen-bond acceptors (Lipinski definition) is 2. The van der Waals surface area contributed by atoms with Gasteiger partial charge in [0.15, 0.2) is 0 Å². The van der Waals surface area contributed by atoms with Crippen LogP contribution in [0.3, 0.4) is 0 Å². The molecule has 0 aromatic heterocycles. The summed E-state index contributed by atoms with van der Waals surface area (Å²) >= 11 is 0. The number of rotatable bonds is 0. The molecule has 0 saturated carbocycles. The average molecular weight is 207 g/mol. The van der Waals surface area contributed by atoms with Crippen molar-refractivity contribution in [2.45, 2.75) is 13.0 Å². The molecule has 0 heterocycles. The number of nitrogens with zero attached hydrogens (tertiary/aromatic N) is 1. The first kappa shape index (κ1) is 12.5. The summed E-state index contributed by atoms with van der Waals surface area (Å²) in [6, 6.07) is 9.04. The van der Waals surface area contributed by atoms with Crippen LogP contribution in [0.25, 0.3) is 0 Å². The summed E-state index contributed by atoms with van der Waals surface area (Å²) in [7, 11) is 0. The van der Waals surface area contributed by atoms with E-state index in [4.69, 9.17) is 11.0 Å². The molecule has 0 fully saturated rings. The van der Waals surface area contributed by atoms with E-state index in [0.29, 0.717) is 5.56 Å². The van der Waals surface area contributed by atoms with Crippen molar-refractivity contribution in [3.8, 4) is 17.9 Å². The number of hydrogen-bond donors (Lipinski definition) is 1. The maximum Gasteiger partial charge on any atom is 0.0991 e. The molecule has 0 amide bonds. The van der Waals surface area contributed by atoms with E-state index in [1.54, 1.807) is 12.1 Å². The van der Waals surface area contributed by atoms with Crippen molar-refractivity contribution < 1.29 is 0 Å². The highest BCUT2D eigenvalue weighted by molar-refractivity contribution is 5.85.